The van der Waals surface area contributed by atoms with Crippen LogP contribution in [-0.4, -0.2) is 12.5 Å². The Bertz CT molecular complexity index is 71.7. The predicted octanol–water partition coefficient (Wildman–Crippen LogP) is 1.80. The van der Waals surface area contributed by atoms with Crippen molar-refractivity contribution >= 4 is 6.41 Å². The van der Waals surface area contributed by atoms with E-state index in [-0.39, 0.29) is 0 Å². The molecule has 62 valence electrons. The second kappa shape index (κ2) is 8.47. The average Bonchev–Trinajstić information content (AvgIpc) is 1.93. The van der Waals surface area contributed by atoms with Gasteiger partial charge in [0.25, 0.3) is 0 Å². The maximum atomic E-state index is 9.81. The van der Waals surface area contributed by atoms with Crippen molar-refractivity contribution in [2.75, 3.05) is 0 Å². The average molecular weight is 145 g/mol. The van der Waals surface area contributed by atoms with Crippen molar-refractivity contribution in [2.24, 2.45) is 5.92 Å². The van der Waals surface area contributed by atoms with Gasteiger partial charge in [0.15, 0.2) is 0 Å². The van der Waals surface area contributed by atoms with E-state index in [0.717, 1.165) is 6.41 Å². The molecule has 2 heteroatoms. The minimum absolute atomic E-state index is 0.299. The molecular weight excluding hydrogens is 126 g/mol. The Hall–Kier alpha value is -0.530. The Morgan fingerprint density at radius 3 is 1.70 bits per heavy atom. The van der Waals surface area contributed by atoms with Crippen molar-refractivity contribution in [3.63, 3.8) is 0 Å². The van der Waals surface area contributed by atoms with Crippen LogP contribution in [0.25, 0.3) is 0 Å². The van der Waals surface area contributed by atoms with E-state index >= 15 is 0 Å². The highest BCUT2D eigenvalue weighted by atomic mass is 16.1. The summed E-state index contributed by atoms with van der Waals surface area (Å²) in [6, 6.07) is 0.299. The van der Waals surface area contributed by atoms with Gasteiger partial charge in [-0.05, 0) is 12.8 Å². The molecule has 0 heterocycles. The minimum atomic E-state index is 0.299. The lowest BCUT2D eigenvalue weighted by molar-refractivity contribution is -0.110. The Morgan fingerprint density at radius 1 is 1.20 bits per heavy atom. The lowest BCUT2D eigenvalue weighted by Crippen LogP contribution is -2.29. The highest BCUT2D eigenvalue weighted by molar-refractivity contribution is 5.46. The molecule has 0 radical (unpaired) electrons. The fourth-order valence-corrected chi connectivity index (χ4v) is 0.300. The molecule has 1 N–H and O–H groups in total. The van der Waals surface area contributed by atoms with Gasteiger partial charge in [-0.3, -0.25) is 4.79 Å². The van der Waals surface area contributed by atoms with Crippen LogP contribution in [0.1, 0.15) is 34.6 Å². The molecule has 0 saturated heterocycles. The van der Waals surface area contributed by atoms with E-state index in [1.807, 2.05) is 20.8 Å². The monoisotopic (exact) mass is 145 g/mol. The summed E-state index contributed by atoms with van der Waals surface area (Å²) >= 11 is 0. The molecule has 0 bridgehead atoms. The standard InChI is InChI=1S/C6H13NO.C2H6/c1-5(2)6(3)7-4-8;1-2/h4-6H,1-3H3,(H,7,8);1-2H3. The first kappa shape index (κ1) is 12.2. The minimum Gasteiger partial charge on any atom is -0.356 e. The van der Waals surface area contributed by atoms with Gasteiger partial charge < -0.3 is 5.32 Å². The summed E-state index contributed by atoms with van der Waals surface area (Å²) in [5.74, 6) is 0.528. The molecule has 0 aliphatic heterocycles. The van der Waals surface area contributed by atoms with Crippen LogP contribution in [0.4, 0.5) is 0 Å². The molecule has 2 nitrogen and oxygen atoms in total. The fourth-order valence-electron chi connectivity index (χ4n) is 0.300. The van der Waals surface area contributed by atoms with Gasteiger partial charge in [-0.25, -0.2) is 0 Å². The number of hydrogen-bond acceptors (Lipinski definition) is 1. The number of hydrogen-bond donors (Lipinski definition) is 1. The smallest absolute Gasteiger partial charge is 0.207 e. The molecule has 0 aliphatic carbocycles. The van der Waals surface area contributed by atoms with E-state index in [9.17, 15) is 4.79 Å². The highest BCUT2D eigenvalue weighted by Gasteiger charge is 2.02. The number of carbonyl (C=O) groups excluding carboxylic acids is 1. The van der Waals surface area contributed by atoms with Crippen LogP contribution >= 0.6 is 0 Å². The van der Waals surface area contributed by atoms with Crippen LogP contribution in [0.15, 0.2) is 0 Å². The van der Waals surface area contributed by atoms with Crippen molar-refractivity contribution in [2.45, 2.75) is 40.7 Å². The third kappa shape index (κ3) is 7.47. The van der Waals surface area contributed by atoms with Crippen LogP contribution < -0.4 is 5.32 Å². The SMILES string of the molecule is CC.CC(C)C(C)NC=O. The zero-order chi connectivity index (χ0) is 8.57. The molecule has 0 rings (SSSR count). The summed E-state index contributed by atoms with van der Waals surface area (Å²) in [5, 5.41) is 2.66. The zero-order valence-electron chi connectivity index (χ0n) is 7.64. The summed E-state index contributed by atoms with van der Waals surface area (Å²) < 4.78 is 0. The van der Waals surface area contributed by atoms with E-state index in [4.69, 9.17) is 0 Å². The van der Waals surface area contributed by atoms with E-state index in [2.05, 4.69) is 19.2 Å². The normalized spacial score (nSPS) is 11.4. The van der Waals surface area contributed by atoms with Crippen molar-refractivity contribution < 1.29 is 4.79 Å². The van der Waals surface area contributed by atoms with Crippen LogP contribution in [0.3, 0.4) is 0 Å². The Labute approximate surface area is 64.0 Å². The van der Waals surface area contributed by atoms with Gasteiger partial charge in [-0.1, -0.05) is 27.7 Å². The molecular formula is C8H19NO. The molecule has 10 heavy (non-hydrogen) atoms. The van der Waals surface area contributed by atoms with Gasteiger partial charge in [0.05, 0.1) is 0 Å². The second-order valence-corrected chi connectivity index (χ2v) is 2.32. The van der Waals surface area contributed by atoms with Crippen molar-refractivity contribution in [1.29, 1.82) is 0 Å². The summed E-state index contributed by atoms with van der Waals surface area (Å²) in [5.41, 5.74) is 0. The first-order valence-electron chi connectivity index (χ1n) is 3.88. The van der Waals surface area contributed by atoms with Gasteiger partial charge in [0, 0.05) is 6.04 Å². The van der Waals surface area contributed by atoms with E-state index in [1.165, 1.54) is 0 Å². The van der Waals surface area contributed by atoms with Crippen LogP contribution in [-0.2, 0) is 4.79 Å². The van der Waals surface area contributed by atoms with E-state index in [1.54, 1.807) is 0 Å². The number of nitrogens with one attached hydrogen (secondary N) is 1. The van der Waals surface area contributed by atoms with Crippen LogP contribution in [0, 0.1) is 5.92 Å². The molecule has 0 aromatic heterocycles. The maximum absolute atomic E-state index is 9.81. The van der Waals surface area contributed by atoms with Gasteiger partial charge in [0.2, 0.25) is 6.41 Å². The van der Waals surface area contributed by atoms with Gasteiger partial charge >= 0.3 is 0 Å². The maximum Gasteiger partial charge on any atom is 0.207 e. The van der Waals surface area contributed by atoms with E-state index < -0.39 is 0 Å². The van der Waals surface area contributed by atoms with Crippen molar-refractivity contribution in [3.05, 3.63) is 0 Å². The second-order valence-electron chi connectivity index (χ2n) is 2.32. The third-order valence-electron chi connectivity index (χ3n) is 1.33. The number of rotatable bonds is 3. The topological polar surface area (TPSA) is 29.1 Å². The quantitative estimate of drug-likeness (QED) is 0.603. The fraction of sp³-hybridized carbons (Fsp3) is 0.875. The molecule has 0 aromatic rings. The third-order valence-corrected chi connectivity index (χ3v) is 1.33. The molecule has 0 spiro atoms. The largest absolute Gasteiger partial charge is 0.356 e. The lowest BCUT2D eigenvalue weighted by Gasteiger charge is -2.12. The summed E-state index contributed by atoms with van der Waals surface area (Å²) in [6.07, 6.45) is 0.741. The zero-order valence-corrected chi connectivity index (χ0v) is 7.64. The van der Waals surface area contributed by atoms with Crippen LogP contribution in [0.2, 0.25) is 0 Å². The summed E-state index contributed by atoms with van der Waals surface area (Å²) in [6.45, 7) is 10.1. The Morgan fingerprint density at radius 2 is 1.60 bits per heavy atom. The predicted molar refractivity (Wildman–Crippen MR) is 44.8 cm³/mol. The highest BCUT2D eigenvalue weighted by Crippen LogP contribution is 1.97. The Kier molecular flexibility index (Phi) is 10.3. The lowest BCUT2D eigenvalue weighted by atomic mass is 10.1. The summed E-state index contributed by atoms with van der Waals surface area (Å²) in [7, 11) is 0. The molecule has 0 aromatic carbocycles. The number of carbonyl (C=O) groups is 1. The van der Waals surface area contributed by atoms with Gasteiger partial charge in [0.1, 0.15) is 0 Å². The molecule has 1 atom stereocenters. The van der Waals surface area contributed by atoms with Crippen molar-refractivity contribution in [1.82, 2.24) is 5.32 Å². The summed E-state index contributed by atoms with van der Waals surface area (Å²) in [4.78, 5) is 9.81. The molecule has 1 amide bonds. The number of amides is 1. The molecule has 0 saturated carbocycles. The Balaban J connectivity index is 0. The first-order valence-corrected chi connectivity index (χ1v) is 3.88. The first-order chi connectivity index (χ1) is 4.68. The molecule has 0 fully saturated rings. The molecule has 1 unspecified atom stereocenters. The van der Waals surface area contributed by atoms with Crippen molar-refractivity contribution in [3.8, 4) is 0 Å². The van der Waals surface area contributed by atoms with E-state index in [0.29, 0.717) is 12.0 Å². The molecule has 0 aliphatic rings. The van der Waals surface area contributed by atoms with Gasteiger partial charge in [-0.2, -0.15) is 0 Å². The van der Waals surface area contributed by atoms with Gasteiger partial charge in [-0.15, -0.1) is 0 Å². The van der Waals surface area contributed by atoms with Crippen LogP contribution in [0.5, 0.6) is 0 Å².